The molecule has 0 amide bonds. The molecule has 8 N–H and O–H groups in total. The minimum Gasteiger partial charge on any atom is -0.507 e. The summed E-state index contributed by atoms with van der Waals surface area (Å²) in [6.07, 6.45) is 0. The van der Waals surface area contributed by atoms with Crippen LogP contribution >= 0.6 is 0 Å². The smallest absolute Gasteiger partial charge is 0.339 e. The lowest BCUT2D eigenvalue weighted by atomic mass is 10.0. The van der Waals surface area contributed by atoms with Gasteiger partial charge in [-0.15, -0.1) is 5.11 Å². The highest BCUT2D eigenvalue weighted by Crippen LogP contribution is 2.41. The molecule has 0 saturated carbocycles. The first-order chi connectivity index (χ1) is 15.7. The molecule has 0 spiro atoms. The molecule has 0 saturated heterocycles. The molecule has 0 aliphatic carbocycles. The number of anilines is 2. The lowest BCUT2D eigenvalue weighted by Crippen LogP contribution is -2.05. The number of phenols is 1. The lowest BCUT2D eigenvalue weighted by molar-refractivity contribution is 0.0693. The second-order valence-corrected chi connectivity index (χ2v) is 9.54. The molecule has 0 bridgehead atoms. The van der Waals surface area contributed by atoms with E-state index in [1.54, 1.807) is 0 Å². The van der Waals surface area contributed by atoms with Crippen LogP contribution in [0, 0.1) is 0 Å². The Bertz CT molecular complexity index is 1570. The number of aromatic hydroxyl groups is 1. The van der Waals surface area contributed by atoms with Gasteiger partial charge in [-0.25, -0.2) is 4.79 Å². The Morgan fingerprint density at radius 2 is 1.47 bits per heavy atom. The van der Waals surface area contributed by atoms with Crippen molar-refractivity contribution in [3.05, 3.63) is 54.1 Å². The van der Waals surface area contributed by atoms with E-state index in [4.69, 9.17) is 16.6 Å². The molecule has 34 heavy (non-hydrogen) atoms. The Morgan fingerprint density at radius 3 is 2.06 bits per heavy atom. The van der Waals surface area contributed by atoms with Crippen LogP contribution in [0.5, 0.6) is 5.75 Å². The maximum atomic E-state index is 12.0. The molecular weight excluding hydrogens is 492 g/mol. The minimum atomic E-state index is -4.98. The van der Waals surface area contributed by atoms with E-state index in [2.05, 4.69) is 10.2 Å². The molecule has 3 rings (SSSR count). The third-order valence-electron chi connectivity index (χ3n) is 4.50. The van der Waals surface area contributed by atoms with E-state index >= 15 is 0 Å². The fourth-order valence-electron chi connectivity index (χ4n) is 2.98. The average molecular weight is 508 g/mol. The van der Waals surface area contributed by atoms with Crippen molar-refractivity contribution in [2.75, 3.05) is 11.5 Å². The van der Waals surface area contributed by atoms with Gasteiger partial charge in [-0.05, 0) is 42.0 Å². The van der Waals surface area contributed by atoms with Gasteiger partial charge in [0.15, 0.2) is 0 Å². The van der Waals surface area contributed by atoms with Crippen LogP contribution in [0.1, 0.15) is 10.4 Å². The lowest BCUT2D eigenvalue weighted by Gasteiger charge is -2.13. The van der Waals surface area contributed by atoms with Crippen molar-refractivity contribution < 1.29 is 40.9 Å². The normalized spacial score (nSPS) is 12.2. The average Bonchev–Trinajstić information content (AvgIpc) is 2.71. The number of hydrogen-bond acceptors (Lipinski definition) is 10. The summed E-state index contributed by atoms with van der Waals surface area (Å²) in [5.41, 5.74) is 9.42. The maximum absolute atomic E-state index is 12.0. The topological polar surface area (TPSA) is 243 Å². The quantitative estimate of drug-likeness (QED) is 0.160. The standard InChI is InChI=1S/C19H16N4O9S2/c20-13-4-1-9(7-16(13)33(27,28)29)11-3-5-14(21)18(34(30,31)32)17(11)23-22-10-2-6-15(24)12(8-10)19(25)26/h1-8,24H,20-21H2,(H,25,26)(H,27,28,29)(H,30,31,32). The van der Waals surface area contributed by atoms with Crippen molar-refractivity contribution in [1.29, 1.82) is 0 Å². The van der Waals surface area contributed by atoms with Crippen LogP contribution in [0.3, 0.4) is 0 Å². The Kier molecular flexibility index (Phi) is 6.30. The van der Waals surface area contributed by atoms with Crippen LogP contribution in [0.2, 0.25) is 0 Å². The van der Waals surface area contributed by atoms with Gasteiger partial charge in [-0.1, -0.05) is 12.1 Å². The molecule has 0 aliphatic rings. The highest BCUT2D eigenvalue weighted by Gasteiger charge is 2.25. The first-order valence-electron chi connectivity index (χ1n) is 8.95. The van der Waals surface area contributed by atoms with E-state index in [0.29, 0.717) is 0 Å². The Hall–Kier alpha value is -4.05. The monoisotopic (exact) mass is 508 g/mol. The molecule has 0 unspecified atom stereocenters. The SMILES string of the molecule is Nc1ccc(-c2ccc(N)c(S(=O)(=O)O)c2N=Nc2ccc(O)c(C(=O)O)c2)cc1S(=O)(=O)O. The molecule has 0 fully saturated rings. The second-order valence-electron chi connectivity index (χ2n) is 6.79. The molecule has 3 aromatic carbocycles. The highest BCUT2D eigenvalue weighted by atomic mass is 32.2. The van der Waals surface area contributed by atoms with Gasteiger partial charge in [-0.3, -0.25) is 9.11 Å². The van der Waals surface area contributed by atoms with Crippen molar-refractivity contribution in [1.82, 2.24) is 0 Å². The van der Waals surface area contributed by atoms with Gasteiger partial charge in [0, 0.05) is 5.56 Å². The van der Waals surface area contributed by atoms with E-state index in [9.17, 15) is 35.8 Å². The van der Waals surface area contributed by atoms with E-state index in [1.165, 1.54) is 18.2 Å². The largest absolute Gasteiger partial charge is 0.507 e. The second kappa shape index (κ2) is 8.71. The number of nitrogens with two attached hydrogens (primary N) is 2. The molecule has 0 aliphatic heterocycles. The van der Waals surface area contributed by atoms with Crippen molar-refractivity contribution in [2.45, 2.75) is 9.79 Å². The number of benzene rings is 3. The van der Waals surface area contributed by atoms with Crippen molar-refractivity contribution in [3.63, 3.8) is 0 Å². The highest BCUT2D eigenvalue weighted by molar-refractivity contribution is 7.86. The molecule has 0 atom stereocenters. The van der Waals surface area contributed by atoms with Gasteiger partial charge in [0.2, 0.25) is 0 Å². The Morgan fingerprint density at radius 1 is 0.824 bits per heavy atom. The zero-order valence-electron chi connectivity index (χ0n) is 16.8. The third kappa shape index (κ3) is 4.96. The zero-order chi connectivity index (χ0) is 25.4. The first kappa shape index (κ1) is 24.6. The molecule has 15 heteroatoms. The van der Waals surface area contributed by atoms with Gasteiger partial charge in [0.05, 0.1) is 17.1 Å². The van der Waals surface area contributed by atoms with E-state index in [1.807, 2.05) is 0 Å². The Balaban J connectivity index is 2.31. The summed E-state index contributed by atoms with van der Waals surface area (Å²) in [6, 6.07) is 8.94. The minimum absolute atomic E-state index is 0.0117. The summed E-state index contributed by atoms with van der Waals surface area (Å²) >= 11 is 0. The van der Waals surface area contributed by atoms with Crippen molar-refractivity contribution in [3.8, 4) is 16.9 Å². The number of carboxylic acid groups (broad SMARTS) is 1. The number of azo groups is 1. The van der Waals surface area contributed by atoms with Crippen LogP contribution in [0.15, 0.2) is 68.6 Å². The summed E-state index contributed by atoms with van der Waals surface area (Å²) < 4.78 is 66.5. The predicted molar refractivity (Wildman–Crippen MR) is 120 cm³/mol. The molecule has 0 radical (unpaired) electrons. The number of carboxylic acids is 1. The fraction of sp³-hybridized carbons (Fsp3) is 0. The number of rotatable bonds is 6. The summed E-state index contributed by atoms with van der Waals surface area (Å²) in [7, 11) is -9.73. The summed E-state index contributed by atoms with van der Waals surface area (Å²) in [6.45, 7) is 0. The van der Waals surface area contributed by atoms with Crippen LogP contribution < -0.4 is 11.5 Å². The van der Waals surface area contributed by atoms with Gasteiger partial charge >= 0.3 is 5.97 Å². The van der Waals surface area contributed by atoms with E-state index < -0.39 is 58.7 Å². The van der Waals surface area contributed by atoms with Crippen LogP contribution in [0.4, 0.5) is 22.7 Å². The summed E-state index contributed by atoms with van der Waals surface area (Å²) in [5.74, 6) is -2.01. The molecule has 0 aromatic heterocycles. The maximum Gasteiger partial charge on any atom is 0.339 e. The summed E-state index contributed by atoms with van der Waals surface area (Å²) in [5, 5.41) is 26.3. The summed E-state index contributed by atoms with van der Waals surface area (Å²) in [4.78, 5) is 9.70. The number of aromatic carboxylic acids is 1. The number of nitrogens with zero attached hydrogens (tertiary/aromatic N) is 2. The zero-order valence-corrected chi connectivity index (χ0v) is 18.4. The molecule has 3 aromatic rings. The third-order valence-corrected chi connectivity index (χ3v) is 6.35. The number of hydrogen-bond donors (Lipinski definition) is 6. The van der Waals surface area contributed by atoms with Crippen molar-refractivity contribution >= 4 is 49.0 Å². The predicted octanol–water partition coefficient (Wildman–Crippen LogP) is 2.83. The van der Waals surface area contributed by atoms with E-state index in [0.717, 1.165) is 30.3 Å². The van der Waals surface area contributed by atoms with Crippen LogP contribution in [-0.2, 0) is 20.2 Å². The number of carbonyl (C=O) groups is 1. The fourth-order valence-corrected chi connectivity index (χ4v) is 4.38. The van der Waals surface area contributed by atoms with E-state index in [-0.39, 0.29) is 22.5 Å². The van der Waals surface area contributed by atoms with Crippen LogP contribution in [0.25, 0.3) is 11.1 Å². The first-order valence-corrected chi connectivity index (χ1v) is 11.8. The molecule has 178 valence electrons. The molecule has 13 nitrogen and oxygen atoms in total. The van der Waals surface area contributed by atoms with Crippen molar-refractivity contribution in [2.24, 2.45) is 10.2 Å². The molecular formula is C19H16N4O9S2. The van der Waals surface area contributed by atoms with Gasteiger partial charge in [0.25, 0.3) is 20.2 Å². The number of nitrogen functional groups attached to an aromatic ring is 2. The molecule has 0 heterocycles. The van der Waals surface area contributed by atoms with Crippen LogP contribution in [-0.4, -0.2) is 42.1 Å². The van der Waals surface area contributed by atoms with Gasteiger partial charge < -0.3 is 21.7 Å². The Labute approximate surface area is 192 Å². The van der Waals surface area contributed by atoms with Gasteiger partial charge in [-0.2, -0.15) is 21.9 Å². The van der Waals surface area contributed by atoms with Gasteiger partial charge in [0.1, 0.15) is 26.8 Å².